The second-order valence-corrected chi connectivity index (χ2v) is 4.53. The summed E-state index contributed by atoms with van der Waals surface area (Å²) in [6, 6.07) is 7.11. The smallest absolute Gasteiger partial charge is 0.259 e. The number of nitrogens with two attached hydrogens (primary N) is 1. The number of anilines is 1. The van der Waals surface area contributed by atoms with Crippen molar-refractivity contribution >= 4 is 24.0 Å². The highest BCUT2D eigenvalue weighted by Crippen LogP contribution is 2.16. The minimum atomic E-state index is -0.233. The van der Waals surface area contributed by atoms with Gasteiger partial charge < -0.3 is 15.8 Å². The van der Waals surface area contributed by atoms with Crippen molar-refractivity contribution in [2.45, 2.75) is 13.8 Å². The maximum Gasteiger partial charge on any atom is 0.259 e. The molecule has 6 nitrogen and oxygen atoms in total. The van der Waals surface area contributed by atoms with E-state index in [1.165, 1.54) is 6.20 Å². The molecule has 0 unspecified atom stereocenters. The lowest BCUT2D eigenvalue weighted by molar-refractivity contribution is 0.102. The summed E-state index contributed by atoms with van der Waals surface area (Å²) in [6.45, 7) is 4.50. The Bertz CT molecular complexity index is 632. The predicted molar refractivity (Wildman–Crippen MR) is 87.7 cm³/mol. The predicted octanol–water partition coefficient (Wildman–Crippen LogP) is 2.11. The summed E-state index contributed by atoms with van der Waals surface area (Å²) in [5.74, 6) is 1.13. The Balaban J connectivity index is 0.00000242. The van der Waals surface area contributed by atoms with Crippen LogP contribution in [0.2, 0.25) is 0 Å². The van der Waals surface area contributed by atoms with Gasteiger partial charge in [-0.15, -0.1) is 12.4 Å². The standard InChI is InChI=1S/C15H18N4O2.ClH/c1-10-14(9-17-11(2)18-10)15(20)19-12-3-5-13(6-4-12)21-8-7-16;/h3-6,9H,7-8,16H2,1-2H3,(H,19,20);1H. The van der Waals surface area contributed by atoms with Gasteiger partial charge in [0, 0.05) is 18.4 Å². The molecule has 22 heavy (non-hydrogen) atoms. The normalized spacial score (nSPS) is 9.77. The molecule has 0 bridgehead atoms. The second kappa shape index (κ2) is 8.31. The molecule has 118 valence electrons. The van der Waals surface area contributed by atoms with E-state index in [0.29, 0.717) is 41.7 Å². The Labute approximate surface area is 135 Å². The number of benzene rings is 1. The van der Waals surface area contributed by atoms with Crippen molar-refractivity contribution in [1.82, 2.24) is 9.97 Å². The molecule has 1 aromatic carbocycles. The van der Waals surface area contributed by atoms with Crippen LogP contribution in [-0.4, -0.2) is 29.0 Å². The van der Waals surface area contributed by atoms with Gasteiger partial charge in [-0.1, -0.05) is 0 Å². The number of hydrogen-bond donors (Lipinski definition) is 2. The van der Waals surface area contributed by atoms with Gasteiger partial charge in [-0.2, -0.15) is 0 Å². The minimum Gasteiger partial charge on any atom is -0.492 e. The number of amides is 1. The lowest BCUT2D eigenvalue weighted by atomic mass is 10.2. The largest absolute Gasteiger partial charge is 0.492 e. The maximum atomic E-state index is 12.2. The zero-order chi connectivity index (χ0) is 15.2. The molecule has 0 saturated heterocycles. The first kappa shape index (κ1) is 17.9. The highest BCUT2D eigenvalue weighted by atomic mass is 35.5. The third-order valence-corrected chi connectivity index (χ3v) is 2.84. The molecule has 2 rings (SSSR count). The first-order valence-corrected chi connectivity index (χ1v) is 6.64. The molecular weight excluding hydrogens is 304 g/mol. The number of hydrogen-bond acceptors (Lipinski definition) is 5. The number of nitrogens with zero attached hydrogens (tertiary/aromatic N) is 2. The van der Waals surface area contributed by atoms with E-state index in [1.54, 1.807) is 38.1 Å². The number of nitrogens with one attached hydrogen (secondary N) is 1. The Kier molecular flexibility index (Phi) is 6.75. The fourth-order valence-electron chi connectivity index (χ4n) is 1.82. The molecule has 0 atom stereocenters. The number of ether oxygens (including phenoxy) is 1. The molecule has 0 aliphatic heterocycles. The van der Waals surface area contributed by atoms with Gasteiger partial charge in [-0.3, -0.25) is 4.79 Å². The highest BCUT2D eigenvalue weighted by molar-refractivity contribution is 6.04. The van der Waals surface area contributed by atoms with E-state index in [4.69, 9.17) is 10.5 Å². The van der Waals surface area contributed by atoms with Gasteiger partial charge in [0.1, 0.15) is 18.2 Å². The topological polar surface area (TPSA) is 90.1 Å². The molecule has 0 fully saturated rings. The molecule has 3 N–H and O–H groups in total. The van der Waals surface area contributed by atoms with Crippen molar-refractivity contribution in [3.05, 3.63) is 47.5 Å². The lowest BCUT2D eigenvalue weighted by Crippen LogP contribution is -2.15. The number of carbonyl (C=O) groups is 1. The Morgan fingerprint density at radius 2 is 1.95 bits per heavy atom. The fourth-order valence-corrected chi connectivity index (χ4v) is 1.82. The van der Waals surface area contributed by atoms with E-state index in [0.717, 1.165) is 0 Å². The van der Waals surface area contributed by atoms with E-state index in [1.807, 2.05) is 0 Å². The highest BCUT2D eigenvalue weighted by Gasteiger charge is 2.11. The quantitative estimate of drug-likeness (QED) is 0.879. The van der Waals surface area contributed by atoms with Gasteiger partial charge in [-0.05, 0) is 38.1 Å². The summed E-state index contributed by atoms with van der Waals surface area (Å²) in [6.07, 6.45) is 1.53. The lowest BCUT2D eigenvalue weighted by Gasteiger charge is -2.09. The fraction of sp³-hybridized carbons (Fsp3) is 0.267. The molecular formula is C15H19ClN4O2. The number of aryl methyl sites for hydroxylation is 2. The molecule has 0 spiro atoms. The zero-order valence-corrected chi connectivity index (χ0v) is 13.3. The van der Waals surface area contributed by atoms with Gasteiger partial charge in [0.2, 0.25) is 0 Å². The SMILES string of the molecule is Cc1ncc(C(=O)Nc2ccc(OCCN)cc2)c(C)n1.Cl. The summed E-state index contributed by atoms with van der Waals surface area (Å²) in [4.78, 5) is 20.4. The van der Waals surface area contributed by atoms with E-state index in [9.17, 15) is 4.79 Å². The minimum absolute atomic E-state index is 0. The summed E-state index contributed by atoms with van der Waals surface area (Å²) in [5, 5.41) is 2.80. The second-order valence-electron chi connectivity index (χ2n) is 4.53. The molecule has 1 amide bonds. The van der Waals surface area contributed by atoms with Crippen LogP contribution in [0.3, 0.4) is 0 Å². The average Bonchev–Trinajstić information content (AvgIpc) is 2.46. The van der Waals surface area contributed by atoms with E-state index in [-0.39, 0.29) is 18.3 Å². The van der Waals surface area contributed by atoms with Crippen LogP contribution >= 0.6 is 12.4 Å². The van der Waals surface area contributed by atoms with Crippen LogP contribution in [0, 0.1) is 13.8 Å². The van der Waals surface area contributed by atoms with Gasteiger partial charge in [0.25, 0.3) is 5.91 Å². The number of carbonyl (C=O) groups excluding carboxylic acids is 1. The third-order valence-electron chi connectivity index (χ3n) is 2.84. The molecule has 0 saturated carbocycles. The molecule has 7 heteroatoms. The summed E-state index contributed by atoms with van der Waals surface area (Å²) in [5.41, 5.74) is 7.17. The van der Waals surface area contributed by atoms with E-state index in [2.05, 4.69) is 15.3 Å². The van der Waals surface area contributed by atoms with Gasteiger partial charge in [0.05, 0.1) is 11.3 Å². The first-order valence-electron chi connectivity index (χ1n) is 6.64. The van der Waals surface area contributed by atoms with Crippen LogP contribution in [0.4, 0.5) is 5.69 Å². The van der Waals surface area contributed by atoms with Crippen molar-refractivity contribution in [2.75, 3.05) is 18.5 Å². The molecule has 1 heterocycles. The van der Waals surface area contributed by atoms with Gasteiger partial charge in [0.15, 0.2) is 0 Å². The van der Waals surface area contributed by atoms with Crippen molar-refractivity contribution in [2.24, 2.45) is 5.73 Å². The van der Waals surface area contributed by atoms with Crippen LogP contribution in [0.15, 0.2) is 30.5 Å². The number of rotatable bonds is 5. The maximum absolute atomic E-state index is 12.2. The Morgan fingerprint density at radius 3 is 2.55 bits per heavy atom. The van der Waals surface area contributed by atoms with Crippen LogP contribution in [-0.2, 0) is 0 Å². The first-order chi connectivity index (χ1) is 10.1. The summed E-state index contributed by atoms with van der Waals surface area (Å²) in [7, 11) is 0. The molecule has 1 aromatic heterocycles. The zero-order valence-electron chi connectivity index (χ0n) is 12.5. The van der Waals surface area contributed by atoms with Crippen LogP contribution in [0.1, 0.15) is 21.9 Å². The summed E-state index contributed by atoms with van der Waals surface area (Å²) >= 11 is 0. The summed E-state index contributed by atoms with van der Waals surface area (Å²) < 4.78 is 5.37. The monoisotopic (exact) mass is 322 g/mol. The van der Waals surface area contributed by atoms with Crippen molar-refractivity contribution in [3.63, 3.8) is 0 Å². The Hall–Kier alpha value is -2.18. The number of aromatic nitrogens is 2. The van der Waals surface area contributed by atoms with E-state index < -0.39 is 0 Å². The molecule has 0 aliphatic rings. The van der Waals surface area contributed by atoms with Gasteiger partial charge >= 0.3 is 0 Å². The van der Waals surface area contributed by atoms with Gasteiger partial charge in [-0.25, -0.2) is 9.97 Å². The van der Waals surface area contributed by atoms with E-state index >= 15 is 0 Å². The molecule has 2 aromatic rings. The van der Waals surface area contributed by atoms with Crippen LogP contribution in [0.25, 0.3) is 0 Å². The van der Waals surface area contributed by atoms with Crippen LogP contribution in [0.5, 0.6) is 5.75 Å². The number of halogens is 1. The Morgan fingerprint density at radius 1 is 1.27 bits per heavy atom. The van der Waals surface area contributed by atoms with Crippen molar-refractivity contribution in [1.29, 1.82) is 0 Å². The van der Waals surface area contributed by atoms with Crippen molar-refractivity contribution in [3.8, 4) is 5.75 Å². The van der Waals surface area contributed by atoms with Crippen LogP contribution < -0.4 is 15.8 Å². The third kappa shape index (κ3) is 4.68. The molecule has 0 aliphatic carbocycles. The average molecular weight is 323 g/mol. The molecule has 0 radical (unpaired) electrons. The van der Waals surface area contributed by atoms with Crippen molar-refractivity contribution < 1.29 is 9.53 Å².